The Morgan fingerprint density at radius 2 is 2.86 bits per heavy atom. The molecule has 3 N–H and O–H groups in total. The molecule has 1 aliphatic rings. The van der Waals surface area contributed by atoms with Gasteiger partial charge in [0, 0.05) is 11.5 Å². The van der Waals surface area contributed by atoms with Crippen LogP contribution in [0.25, 0.3) is 0 Å². The molecule has 0 aromatic carbocycles. The summed E-state index contributed by atoms with van der Waals surface area (Å²) in [5.41, 5.74) is 5.43. The van der Waals surface area contributed by atoms with Crippen LogP contribution in [0.15, 0.2) is 0 Å². The van der Waals surface area contributed by atoms with E-state index in [1.54, 1.807) is 0 Å². The van der Waals surface area contributed by atoms with Gasteiger partial charge in [-0.05, 0) is 25.8 Å². The highest BCUT2D eigenvalue weighted by molar-refractivity contribution is 4.69. The van der Waals surface area contributed by atoms with Gasteiger partial charge in [-0.3, -0.25) is 0 Å². The van der Waals surface area contributed by atoms with Crippen LogP contribution in [-0.4, -0.2) is 19.1 Å². The predicted octanol–water partition coefficient (Wildman–Crippen LogP) is -0.303. The second-order valence-corrected chi connectivity index (χ2v) is 1.53. The van der Waals surface area contributed by atoms with E-state index in [4.69, 9.17) is 12.6 Å². The zero-order chi connectivity index (χ0) is 9.57. The fourth-order valence-corrected chi connectivity index (χ4v) is 0.460. The summed E-state index contributed by atoms with van der Waals surface area (Å²) >= 11 is 0. The van der Waals surface area contributed by atoms with Crippen molar-refractivity contribution in [3.63, 3.8) is 0 Å². The molecule has 0 saturated carbocycles. The molecule has 0 aromatic heterocycles. The van der Waals surface area contributed by atoms with E-state index in [9.17, 15) is 0 Å². The summed E-state index contributed by atoms with van der Waals surface area (Å²) in [7, 11) is 0. The highest BCUT2D eigenvalue weighted by Gasteiger charge is 2.05. The molecular formula is C5H12N2. The maximum atomic E-state index is 7.37. The highest BCUT2D eigenvalue weighted by Crippen LogP contribution is 1.96. The number of rotatable bonds is 0. The molecule has 1 heterocycles. The lowest BCUT2D eigenvalue weighted by Gasteiger charge is -2.17. The van der Waals surface area contributed by atoms with Crippen molar-refractivity contribution in [3.05, 3.63) is 0 Å². The minimum atomic E-state index is -2.29. The zero-order valence-corrected chi connectivity index (χ0v) is 4.02. The van der Waals surface area contributed by atoms with Crippen molar-refractivity contribution in [2.75, 3.05) is 13.0 Å². The van der Waals surface area contributed by atoms with Gasteiger partial charge in [-0.15, -0.1) is 0 Å². The van der Waals surface area contributed by atoms with E-state index in [2.05, 4.69) is 0 Å². The Morgan fingerprint density at radius 1 is 2.00 bits per heavy atom. The number of hydrogen-bond donors (Lipinski definition) is 2. The van der Waals surface area contributed by atoms with E-state index >= 15 is 0 Å². The standard InChI is InChI=1S/C5H12N2/c6-5-1-3-7-4-2-5/h5,7H,1-4,6H2/i1D2,3D2/hD. The molecule has 1 fully saturated rings. The molecule has 2 heteroatoms. The van der Waals surface area contributed by atoms with Gasteiger partial charge in [-0.1, -0.05) is 0 Å². The van der Waals surface area contributed by atoms with E-state index < -0.39 is 18.9 Å². The highest BCUT2D eigenvalue weighted by atomic mass is 14.9. The third-order valence-corrected chi connectivity index (χ3v) is 0.881. The lowest BCUT2D eigenvalue weighted by Crippen LogP contribution is -2.35. The fraction of sp³-hybridized carbons (Fsp3) is 1.00. The molecule has 42 valence electrons. The summed E-state index contributed by atoms with van der Waals surface area (Å²) in [4.78, 5) is 0. The molecule has 7 heavy (non-hydrogen) atoms. The minimum absolute atomic E-state index is 0.174. The van der Waals surface area contributed by atoms with Gasteiger partial charge in [0.1, 0.15) is 1.41 Å². The van der Waals surface area contributed by atoms with Crippen molar-refractivity contribution >= 4 is 0 Å². The summed E-state index contributed by atoms with van der Waals surface area (Å²) in [6.45, 7) is -2.11. The molecule has 1 unspecified atom stereocenters. The first-order valence-corrected chi connectivity index (χ1v) is 2.32. The molecule has 0 aromatic rings. The van der Waals surface area contributed by atoms with Gasteiger partial charge >= 0.3 is 0 Å². The number of nitrogens with one attached hydrogen (secondary N) is 1. The maximum Gasteiger partial charge on any atom is 0.122 e. The van der Waals surface area contributed by atoms with E-state index in [0.717, 1.165) is 0 Å². The van der Waals surface area contributed by atoms with E-state index in [1.807, 2.05) is 0 Å². The molecule has 2 nitrogen and oxygen atoms in total. The van der Waals surface area contributed by atoms with Crippen LogP contribution < -0.4 is 11.0 Å². The van der Waals surface area contributed by atoms with Gasteiger partial charge < -0.3 is 11.0 Å². The van der Waals surface area contributed by atoms with Crippen molar-refractivity contribution in [1.82, 2.24) is 5.31 Å². The summed E-state index contributed by atoms with van der Waals surface area (Å²) in [5.74, 6) is 0. The van der Waals surface area contributed by atoms with Crippen LogP contribution in [0.2, 0.25) is 1.41 Å². The van der Waals surface area contributed by atoms with Crippen molar-refractivity contribution < 1.29 is 6.89 Å². The maximum absolute atomic E-state index is 7.37. The Morgan fingerprint density at radius 3 is 3.57 bits per heavy atom. The van der Waals surface area contributed by atoms with Crippen molar-refractivity contribution in [3.8, 4) is 0 Å². The van der Waals surface area contributed by atoms with E-state index in [1.165, 1.54) is 0 Å². The smallest absolute Gasteiger partial charge is 0.122 e. The van der Waals surface area contributed by atoms with E-state index in [-0.39, 0.29) is 6.54 Å². The van der Waals surface area contributed by atoms with Crippen LogP contribution in [0.4, 0.5) is 0 Å². The Kier molecular flexibility index (Phi) is 0.557. The van der Waals surface area contributed by atoms with Crippen LogP contribution in [0.5, 0.6) is 0 Å². The van der Waals surface area contributed by atoms with Gasteiger partial charge in [0.2, 0.25) is 0 Å². The van der Waals surface area contributed by atoms with Crippen molar-refractivity contribution in [2.45, 2.75) is 18.8 Å². The molecule has 0 bridgehead atoms. The molecule has 1 aliphatic heterocycles. The Hall–Kier alpha value is -0.0800. The molecule has 0 spiro atoms. The lowest BCUT2D eigenvalue weighted by molar-refractivity contribution is 0.458. The summed E-state index contributed by atoms with van der Waals surface area (Å²) in [6, 6.07) is -0.825. The van der Waals surface area contributed by atoms with Crippen molar-refractivity contribution in [1.29, 1.82) is 0 Å². The second-order valence-electron chi connectivity index (χ2n) is 1.53. The number of nitrogens with two attached hydrogens (primary N) is 1. The first-order valence-electron chi connectivity index (χ1n) is 4.77. The van der Waals surface area contributed by atoms with Crippen LogP contribution in [0, 0.1) is 0 Å². The fourth-order valence-electron chi connectivity index (χ4n) is 0.460. The molecule has 1 atom stereocenters. The number of piperidine rings is 1. The van der Waals surface area contributed by atoms with Crippen LogP contribution in [0.1, 0.15) is 18.3 Å². The van der Waals surface area contributed by atoms with Crippen LogP contribution in [0.3, 0.4) is 0 Å². The Balaban J connectivity index is 2.92. The summed E-state index contributed by atoms with van der Waals surface area (Å²) in [6.07, 6.45) is -1.83. The molecule has 0 radical (unpaired) electrons. The SMILES string of the molecule is [2H]N1CCC(N)C([2H])([2H])C1([2H])[2H]. The molecular weight excluding hydrogens is 88.1 g/mol. The third kappa shape index (κ3) is 1.45. The van der Waals surface area contributed by atoms with Gasteiger partial charge in [-0.25, -0.2) is 0 Å². The second kappa shape index (κ2) is 2.28. The van der Waals surface area contributed by atoms with Crippen LogP contribution >= 0.6 is 0 Å². The first kappa shape index (κ1) is 1.71. The topological polar surface area (TPSA) is 38.0 Å². The Labute approximate surface area is 51.2 Å². The molecule has 1 rings (SSSR count). The van der Waals surface area contributed by atoms with Crippen molar-refractivity contribution in [2.24, 2.45) is 5.73 Å². The summed E-state index contributed by atoms with van der Waals surface area (Å²) in [5, 5.41) is 0.621. The molecule has 0 aliphatic carbocycles. The lowest BCUT2D eigenvalue weighted by atomic mass is 10.1. The van der Waals surface area contributed by atoms with Crippen LogP contribution in [-0.2, 0) is 0 Å². The molecule has 0 amide bonds. The normalized spacial score (nSPS) is 60.7. The first-order chi connectivity index (χ1) is 5.30. The van der Waals surface area contributed by atoms with Gasteiger partial charge in [0.15, 0.2) is 0 Å². The van der Waals surface area contributed by atoms with Gasteiger partial charge in [0.25, 0.3) is 0 Å². The monoisotopic (exact) mass is 105 g/mol. The minimum Gasteiger partial charge on any atom is -0.328 e. The quantitative estimate of drug-likeness (QED) is 0.444. The number of hydrogen-bond acceptors (Lipinski definition) is 2. The average molecular weight is 105 g/mol. The average Bonchev–Trinajstić information content (AvgIpc) is 1.96. The largest absolute Gasteiger partial charge is 0.328 e. The Bertz CT molecular complexity index is 163. The predicted molar refractivity (Wildman–Crippen MR) is 30.1 cm³/mol. The van der Waals surface area contributed by atoms with E-state index in [0.29, 0.717) is 11.7 Å². The van der Waals surface area contributed by atoms with Gasteiger partial charge in [-0.2, -0.15) is 0 Å². The van der Waals surface area contributed by atoms with Gasteiger partial charge in [0.05, 0.1) is 0 Å². The zero-order valence-electron chi connectivity index (χ0n) is 9.02. The summed E-state index contributed by atoms with van der Waals surface area (Å²) < 4.78 is 36.6. The third-order valence-electron chi connectivity index (χ3n) is 0.881. The molecule has 1 saturated heterocycles.